The molecular formula is C23H21ClF3N5O. The molecule has 33 heavy (non-hydrogen) atoms. The van der Waals surface area contributed by atoms with Gasteiger partial charge in [-0.2, -0.15) is 13.2 Å². The lowest BCUT2D eigenvalue weighted by atomic mass is 9.78. The highest BCUT2D eigenvalue weighted by molar-refractivity contribution is 6.31. The number of rotatable bonds is 3. The molecular weight excluding hydrogens is 455 g/mol. The Labute approximate surface area is 193 Å². The van der Waals surface area contributed by atoms with E-state index >= 15 is 0 Å². The van der Waals surface area contributed by atoms with E-state index in [4.69, 9.17) is 11.6 Å². The number of benzene rings is 1. The minimum Gasteiger partial charge on any atom is -0.355 e. The summed E-state index contributed by atoms with van der Waals surface area (Å²) in [7, 11) is 0. The fourth-order valence-corrected chi connectivity index (χ4v) is 4.93. The van der Waals surface area contributed by atoms with Crippen LogP contribution in [0.4, 0.5) is 19.0 Å². The second kappa shape index (κ2) is 7.83. The zero-order valence-corrected chi connectivity index (χ0v) is 18.6. The lowest BCUT2D eigenvalue weighted by molar-refractivity contribution is -0.188. The summed E-state index contributed by atoms with van der Waals surface area (Å²) < 4.78 is 43.2. The van der Waals surface area contributed by atoms with E-state index in [1.165, 1.54) is 24.2 Å². The first kappa shape index (κ1) is 21.9. The van der Waals surface area contributed by atoms with Gasteiger partial charge in [-0.05, 0) is 36.8 Å². The summed E-state index contributed by atoms with van der Waals surface area (Å²) in [5.41, 5.74) is -1.12. The second-order valence-electron chi connectivity index (χ2n) is 8.67. The van der Waals surface area contributed by atoms with Crippen molar-refractivity contribution in [2.75, 3.05) is 31.1 Å². The van der Waals surface area contributed by atoms with Crippen LogP contribution in [0.3, 0.4) is 0 Å². The van der Waals surface area contributed by atoms with E-state index in [2.05, 4.69) is 15.0 Å². The largest absolute Gasteiger partial charge is 0.401 e. The monoisotopic (exact) mass is 475 g/mol. The second-order valence-corrected chi connectivity index (χ2v) is 9.11. The molecule has 2 aromatic heterocycles. The molecule has 0 spiro atoms. The third kappa shape index (κ3) is 3.68. The summed E-state index contributed by atoms with van der Waals surface area (Å²) in [6.07, 6.45) is -2.03. The quantitative estimate of drug-likeness (QED) is 0.564. The van der Waals surface area contributed by atoms with Gasteiger partial charge in [0.25, 0.3) is 0 Å². The minimum absolute atomic E-state index is 0.0483. The number of carbonyl (C=O) groups excluding carboxylic acids is 1. The molecule has 0 saturated carbocycles. The molecule has 2 aliphatic rings. The third-order valence-corrected chi connectivity index (χ3v) is 6.90. The maximum Gasteiger partial charge on any atom is 0.401 e. The normalized spacial score (nSPS) is 21.5. The first-order valence-corrected chi connectivity index (χ1v) is 11.0. The van der Waals surface area contributed by atoms with Crippen LogP contribution >= 0.6 is 11.6 Å². The molecule has 0 aliphatic carbocycles. The van der Waals surface area contributed by atoms with Crippen LogP contribution in [-0.2, 0) is 10.2 Å². The van der Waals surface area contributed by atoms with Gasteiger partial charge in [0.1, 0.15) is 11.2 Å². The summed E-state index contributed by atoms with van der Waals surface area (Å²) in [4.78, 5) is 28.2. The molecule has 0 radical (unpaired) electrons. The van der Waals surface area contributed by atoms with Crippen molar-refractivity contribution in [3.05, 3.63) is 59.1 Å². The number of anilines is 1. The molecule has 10 heteroatoms. The Balaban J connectivity index is 1.42. The maximum atomic E-state index is 14.4. The highest BCUT2D eigenvalue weighted by atomic mass is 35.5. The number of halogens is 4. The SMILES string of the molecule is CC(=O)N1CC[C@](c2nccnc2C2CN(c3ccc4cc(Cl)ccc4n3)C2)(C(F)(F)F)C1. The summed E-state index contributed by atoms with van der Waals surface area (Å²) >= 11 is 6.03. The van der Waals surface area contributed by atoms with E-state index in [0.717, 1.165) is 16.7 Å². The van der Waals surface area contributed by atoms with Gasteiger partial charge in [-0.25, -0.2) is 4.98 Å². The zero-order valence-electron chi connectivity index (χ0n) is 17.8. The summed E-state index contributed by atoms with van der Waals surface area (Å²) in [6, 6.07) is 9.26. The fourth-order valence-electron chi connectivity index (χ4n) is 4.75. The van der Waals surface area contributed by atoms with Crippen molar-refractivity contribution in [2.24, 2.45) is 0 Å². The van der Waals surface area contributed by atoms with Crippen LogP contribution in [0.25, 0.3) is 10.9 Å². The lowest BCUT2D eigenvalue weighted by Gasteiger charge is -2.42. The Morgan fingerprint density at radius 1 is 1.15 bits per heavy atom. The average Bonchev–Trinajstić information content (AvgIpc) is 3.20. The smallest absolute Gasteiger partial charge is 0.355 e. The molecule has 6 nitrogen and oxygen atoms in total. The van der Waals surface area contributed by atoms with Crippen LogP contribution in [0.1, 0.15) is 30.7 Å². The fraction of sp³-hybridized carbons (Fsp3) is 0.391. The topological polar surface area (TPSA) is 62.2 Å². The molecule has 1 amide bonds. The first-order valence-electron chi connectivity index (χ1n) is 10.6. The van der Waals surface area contributed by atoms with Crippen molar-refractivity contribution in [2.45, 2.75) is 30.9 Å². The van der Waals surface area contributed by atoms with Crippen molar-refractivity contribution >= 4 is 34.2 Å². The number of hydrogen-bond acceptors (Lipinski definition) is 5. The van der Waals surface area contributed by atoms with Gasteiger partial charge in [-0.15, -0.1) is 0 Å². The number of fused-ring (bicyclic) bond motifs is 1. The number of carbonyl (C=O) groups is 1. The predicted octanol–water partition coefficient (Wildman–Crippen LogP) is 4.33. The minimum atomic E-state index is -4.55. The Morgan fingerprint density at radius 2 is 1.91 bits per heavy atom. The maximum absolute atomic E-state index is 14.4. The molecule has 0 unspecified atom stereocenters. The van der Waals surface area contributed by atoms with Crippen LogP contribution in [-0.4, -0.2) is 58.1 Å². The zero-order chi connectivity index (χ0) is 23.4. The van der Waals surface area contributed by atoms with Crippen molar-refractivity contribution in [3.63, 3.8) is 0 Å². The number of pyridine rings is 1. The Hall–Kier alpha value is -2.94. The van der Waals surface area contributed by atoms with Gasteiger partial charge in [-0.1, -0.05) is 11.6 Å². The van der Waals surface area contributed by atoms with Crippen molar-refractivity contribution in [3.8, 4) is 0 Å². The molecule has 1 aromatic carbocycles. The van der Waals surface area contributed by atoms with Crippen molar-refractivity contribution < 1.29 is 18.0 Å². The molecule has 172 valence electrons. The van der Waals surface area contributed by atoms with E-state index in [-0.39, 0.29) is 30.5 Å². The highest BCUT2D eigenvalue weighted by Crippen LogP contribution is 2.49. The number of amides is 1. The van der Waals surface area contributed by atoms with Crippen LogP contribution in [0.2, 0.25) is 5.02 Å². The standard InChI is InChI=1S/C23H21ClF3N5O/c1-14(33)31-9-6-22(13-31,23(25,26)27)21-20(28-7-8-29-21)16-11-32(12-16)19-5-2-15-10-17(24)3-4-18(15)30-19/h2-5,7-8,10,16H,6,9,11-13H2,1H3/t22-/m0/s1. The van der Waals surface area contributed by atoms with Crippen LogP contribution < -0.4 is 4.90 Å². The van der Waals surface area contributed by atoms with E-state index in [1.807, 2.05) is 29.2 Å². The highest BCUT2D eigenvalue weighted by Gasteiger charge is 2.62. The van der Waals surface area contributed by atoms with Crippen LogP contribution in [0, 0.1) is 0 Å². The number of alkyl halides is 3. The molecule has 5 rings (SSSR count). The van der Waals surface area contributed by atoms with Crippen LogP contribution in [0.15, 0.2) is 42.7 Å². The van der Waals surface area contributed by atoms with Gasteiger partial charge in [0.15, 0.2) is 0 Å². The van der Waals surface area contributed by atoms with E-state index < -0.39 is 18.1 Å². The molecule has 1 atom stereocenters. The van der Waals surface area contributed by atoms with Gasteiger partial charge in [-0.3, -0.25) is 14.8 Å². The molecule has 0 bridgehead atoms. The first-order chi connectivity index (χ1) is 15.7. The number of hydrogen-bond donors (Lipinski definition) is 0. The van der Waals surface area contributed by atoms with Crippen molar-refractivity contribution in [1.29, 1.82) is 0 Å². The molecule has 4 heterocycles. The number of likely N-dealkylation sites (tertiary alicyclic amines) is 1. The van der Waals surface area contributed by atoms with E-state index in [1.54, 1.807) is 6.07 Å². The third-order valence-electron chi connectivity index (χ3n) is 6.67. The molecule has 2 fully saturated rings. The average molecular weight is 476 g/mol. The van der Waals surface area contributed by atoms with Crippen LogP contribution in [0.5, 0.6) is 0 Å². The number of nitrogens with zero attached hydrogens (tertiary/aromatic N) is 5. The summed E-state index contributed by atoms with van der Waals surface area (Å²) in [5.74, 6) is 0.174. The molecule has 2 aliphatic heterocycles. The van der Waals surface area contributed by atoms with Gasteiger partial charge < -0.3 is 9.80 Å². The molecule has 0 N–H and O–H groups in total. The van der Waals surface area contributed by atoms with Gasteiger partial charge >= 0.3 is 6.18 Å². The Kier molecular flexibility index (Phi) is 5.19. The van der Waals surface area contributed by atoms with Gasteiger partial charge in [0.05, 0.1) is 16.9 Å². The summed E-state index contributed by atoms with van der Waals surface area (Å²) in [5, 5.41) is 1.55. The molecule has 2 saturated heterocycles. The van der Waals surface area contributed by atoms with E-state index in [9.17, 15) is 18.0 Å². The lowest BCUT2D eigenvalue weighted by Crippen LogP contribution is -2.50. The number of aromatic nitrogens is 3. The Morgan fingerprint density at radius 3 is 2.61 bits per heavy atom. The molecule has 3 aromatic rings. The van der Waals surface area contributed by atoms with E-state index in [0.29, 0.717) is 23.8 Å². The predicted molar refractivity (Wildman–Crippen MR) is 118 cm³/mol. The summed E-state index contributed by atoms with van der Waals surface area (Å²) in [6.45, 7) is 1.89. The van der Waals surface area contributed by atoms with Gasteiger partial charge in [0.2, 0.25) is 5.91 Å². The van der Waals surface area contributed by atoms with Gasteiger partial charge in [0, 0.05) is 61.8 Å². The van der Waals surface area contributed by atoms with Crippen molar-refractivity contribution in [1.82, 2.24) is 19.9 Å². The Bertz CT molecular complexity index is 1230.